The fourth-order valence-electron chi connectivity index (χ4n) is 1.61. The van der Waals surface area contributed by atoms with Crippen LogP contribution in [0.5, 0.6) is 11.5 Å². The molecule has 2 N–H and O–H groups in total. The highest BCUT2D eigenvalue weighted by Crippen LogP contribution is 2.25. The lowest BCUT2D eigenvalue weighted by atomic mass is 10.3. The second-order valence-corrected chi connectivity index (χ2v) is 4.89. The van der Waals surface area contributed by atoms with Crippen LogP contribution in [0.2, 0.25) is 5.02 Å². The first-order chi connectivity index (χ1) is 10.1. The third kappa shape index (κ3) is 4.47. The first kappa shape index (κ1) is 15.3. The molecule has 1 heterocycles. The van der Waals surface area contributed by atoms with Gasteiger partial charge in [-0.25, -0.2) is 4.98 Å². The normalized spacial score (nSPS) is 9.86. The van der Waals surface area contributed by atoms with E-state index >= 15 is 0 Å². The van der Waals surface area contributed by atoms with Crippen LogP contribution in [-0.2, 0) is 0 Å². The van der Waals surface area contributed by atoms with E-state index in [-0.39, 0.29) is 0 Å². The summed E-state index contributed by atoms with van der Waals surface area (Å²) in [6.45, 7) is 0. The van der Waals surface area contributed by atoms with Crippen molar-refractivity contribution >= 4 is 40.4 Å². The van der Waals surface area contributed by atoms with E-state index in [4.69, 9.17) is 33.3 Å². The van der Waals surface area contributed by atoms with E-state index in [1.54, 1.807) is 38.6 Å². The van der Waals surface area contributed by atoms with E-state index < -0.39 is 0 Å². The molecule has 5 nitrogen and oxygen atoms in total. The molecule has 1 aromatic carbocycles. The van der Waals surface area contributed by atoms with Crippen LogP contribution in [-0.4, -0.2) is 24.3 Å². The third-order valence-corrected chi connectivity index (χ3v) is 3.01. The summed E-state index contributed by atoms with van der Waals surface area (Å²) in [5.41, 5.74) is 0.748. The summed E-state index contributed by atoms with van der Waals surface area (Å²) in [5, 5.41) is 6.97. The molecule has 2 aromatic rings. The molecule has 7 heteroatoms. The molecule has 0 atom stereocenters. The fraction of sp³-hybridized carbons (Fsp3) is 0.143. The van der Waals surface area contributed by atoms with Crippen LogP contribution in [0.25, 0.3) is 0 Å². The predicted octanol–water partition coefficient (Wildman–Crippen LogP) is 3.56. The summed E-state index contributed by atoms with van der Waals surface area (Å²) in [4.78, 5) is 4.11. The van der Waals surface area contributed by atoms with Crippen LogP contribution in [0.1, 0.15) is 0 Å². The number of pyridine rings is 1. The molecule has 0 spiro atoms. The zero-order valence-electron chi connectivity index (χ0n) is 11.5. The molecule has 0 saturated heterocycles. The second kappa shape index (κ2) is 7.10. The average Bonchev–Trinajstić information content (AvgIpc) is 2.49. The van der Waals surface area contributed by atoms with Gasteiger partial charge in [0.1, 0.15) is 17.3 Å². The molecule has 0 aliphatic carbocycles. The highest BCUT2D eigenvalue weighted by Gasteiger charge is 2.04. The number of methoxy groups -OCH3 is 2. The van der Waals surface area contributed by atoms with E-state index in [9.17, 15) is 0 Å². The first-order valence-electron chi connectivity index (χ1n) is 6.03. The van der Waals surface area contributed by atoms with Gasteiger partial charge in [0.15, 0.2) is 5.11 Å². The number of nitrogens with zero attached hydrogens (tertiary/aromatic N) is 1. The van der Waals surface area contributed by atoms with Gasteiger partial charge in [-0.2, -0.15) is 0 Å². The van der Waals surface area contributed by atoms with Gasteiger partial charge in [-0.1, -0.05) is 11.6 Å². The highest BCUT2D eigenvalue weighted by molar-refractivity contribution is 7.80. The average molecular weight is 324 g/mol. The van der Waals surface area contributed by atoms with Crippen molar-refractivity contribution in [1.29, 1.82) is 0 Å². The minimum absolute atomic E-state index is 0.403. The Bertz CT molecular complexity index is 612. The van der Waals surface area contributed by atoms with E-state index in [0.717, 1.165) is 5.69 Å². The smallest absolute Gasteiger partial charge is 0.176 e. The minimum Gasteiger partial charge on any atom is -0.497 e. The molecule has 0 aliphatic heterocycles. The van der Waals surface area contributed by atoms with Gasteiger partial charge >= 0.3 is 0 Å². The number of rotatable bonds is 4. The Morgan fingerprint density at radius 1 is 1.10 bits per heavy atom. The summed E-state index contributed by atoms with van der Waals surface area (Å²) in [6.07, 6.45) is 1.54. The van der Waals surface area contributed by atoms with Crippen LogP contribution in [0.3, 0.4) is 0 Å². The maximum atomic E-state index is 5.78. The number of ether oxygens (including phenoxy) is 2. The standard InChI is InChI=1S/C14H14ClN3O2S/c1-19-11-5-10(6-12(7-11)20-2)17-14(21)18-13-4-3-9(15)8-16-13/h3-8H,1-2H3,(H2,16,17,18,21). The maximum absolute atomic E-state index is 5.78. The van der Waals surface area contributed by atoms with Crippen molar-refractivity contribution in [2.24, 2.45) is 0 Å². The number of thiocarbonyl (C=S) groups is 1. The van der Waals surface area contributed by atoms with Gasteiger partial charge in [-0.3, -0.25) is 0 Å². The monoisotopic (exact) mass is 323 g/mol. The third-order valence-electron chi connectivity index (χ3n) is 2.58. The fourth-order valence-corrected chi connectivity index (χ4v) is 1.94. The van der Waals surface area contributed by atoms with Gasteiger partial charge in [0.2, 0.25) is 0 Å². The van der Waals surface area contributed by atoms with Crippen molar-refractivity contribution in [1.82, 2.24) is 4.98 Å². The van der Waals surface area contributed by atoms with Gasteiger partial charge in [0, 0.05) is 30.1 Å². The molecule has 0 bridgehead atoms. The van der Waals surface area contributed by atoms with Gasteiger partial charge < -0.3 is 20.1 Å². The maximum Gasteiger partial charge on any atom is 0.176 e. The summed E-state index contributed by atoms with van der Waals surface area (Å²) < 4.78 is 10.4. The SMILES string of the molecule is COc1cc(NC(=S)Nc2ccc(Cl)cn2)cc(OC)c1. The summed E-state index contributed by atoms with van der Waals surface area (Å²) in [5.74, 6) is 1.94. The van der Waals surface area contributed by atoms with Crippen molar-refractivity contribution in [2.45, 2.75) is 0 Å². The number of aromatic nitrogens is 1. The van der Waals surface area contributed by atoms with Crippen LogP contribution in [0.4, 0.5) is 11.5 Å². The number of hydrogen-bond donors (Lipinski definition) is 2. The largest absolute Gasteiger partial charge is 0.497 e. The molecule has 0 aliphatic rings. The molecule has 0 amide bonds. The zero-order valence-corrected chi connectivity index (χ0v) is 13.1. The topological polar surface area (TPSA) is 55.4 Å². The molecule has 21 heavy (non-hydrogen) atoms. The molecular formula is C14H14ClN3O2S. The first-order valence-corrected chi connectivity index (χ1v) is 6.82. The van der Waals surface area contributed by atoms with Crippen molar-refractivity contribution in [3.05, 3.63) is 41.6 Å². The molecule has 1 aromatic heterocycles. The van der Waals surface area contributed by atoms with Crippen molar-refractivity contribution in [3.63, 3.8) is 0 Å². The van der Waals surface area contributed by atoms with Crippen LogP contribution in [0.15, 0.2) is 36.5 Å². The number of benzene rings is 1. The van der Waals surface area contributed by atoms with Gasteiger partial charge in [0.25, 0.3) is 0 Å². The number of anilines is 2. The lowest BCUT2D eigenvalue weighted by molar-refractivity contribution is 0.395. The number of hydrogen-bond acceptors (Lipinski definition) is 4. The lowest BCUT2D eigenvalue weighted by Crippen LogP contribution is -2.19. The van der Waals surface area contributed by atoms with E-state index in [0.29, 0.717) is 27.5 Å². The molecule has 0 saturated carbocycles. The highest BCUT2D eigenvalue weighted by atomic mass is 35.5. The Hall–Kier alpha value is -2.05. The Morgan fingerprint density at radius 2 is 1.76 bits per heavy atom. The molecule has 110 valence electrons. The van der Waals surface area contributed by atoms with Crippen LogP contribution < -0.4 is 20.1 Å². The zero-order chi connectivity index (χ0) is 15.2. The summed E-state index contributed by atoms with van der Waals surface area (Å²) in [6, 6.07) is 8.87. The molecule has 2 rings (SSSR count). The van der Waals surface area contributed by atoms with Crippen molar-refractivity contribution in [3.8, 4) is 11.5 Å². The van der Waals surface area contributed by atoms with E-state index in [1.807, 2.05) is 12.1 Å². The number of halogens is 1. The summed E-state index contributed by atoms with van der Waals surface area (Å²) in [7, 11) is 3.18. The summed E-state index contributed by atoms with van der Waals surface area (Å²) >= 11 is 11.0. The predicted molar refractivity (Wildman–Crippen MR) is 88.6 cm³/mol. The van der Waals surface area contributed by atoms with E-state index in [2.05, 4.69) is 15.6 Å². The van der Waals surface area contributed by atoms with Crippen LogP contribution in [0, 0.1) is 0 Å². The van der Waals surface area contributed by atoms with Gasteiger partial charge in [-0.05, 0) is 24.4 Å². The second-order valence-electron chi connectivity index (χ2n) is 4.04. The Balaban J connectivity index is 2.06. The Kier molecular flexibility index (Phi) is 5.19. The molecule has 0 fully saturated rings. The Labute approximate surface area is 133 Å². The Morgan fingerprint density at radius 3 is 2.29 bits per heavy atom. The number of nitrogens with one attached hydrogen (secondary N) is 2. The van der Waals surface area contributed by atoms with Crippen molar-refractivity contribution in [2.75, 3.05) is 24.9 Å². The van der Waals surface area contributed by atoms with Gasteiger partial charge in [0.05, 0.1) is 19.2 Å². The van der Waals surface area contributed by atoms with E-state index in [1.165, 1.54) is 0 Å². The van der Waals surface area contributed by atoms with Crippen LogP contribution >= 0.6 is 23.8 Å². The molecule has 0 radical (unpaired) electrons. The molecular weight excluding hydrogens is 310 g/mol. The quantitative estimate of drug-likeness (QED) is 0.839. The lowest BCUT2D eigenvalue weighted by Gasteiger charge is -2.12. The van der Waals surface area contributed by atoms with Gasteiger partial charge in [-0.15, -0.1) is 0 Å². The van der Waals surface area contributed by atoms with Crippen molar-refractivity contribution < 1.29 is 9.47 Å². The molecule has 0 unspecified atom stereocenters. The minimum atomic E-state index is 0.403.